The number of fused-ring (bicyclic) bond motifs is 1. The third-order valence-electron chi connectivity index (χ3n) is 1.72. The van der Waals surface area contributed by atoms with Gasteiger partial charge in [0.25, 0.3) is 0 Å². The molecule has 0 spiro atoms. The lowest BCUT2D eigenvalue weighted by molar-refractivity contribution is -0.133. The number of benzene rings is 1. The number of carbonyl (C=O) groups excluding carboxylic acids is 2. The van der Waals surface area contributed by atoms with Crippen molar-refractivity contribution in [3.05, 3.63) is 29.8 Å². The van der Waals surface area contributed by atoms with Crippen LogP contribution in [0.5, 0.6) is 5.75 Å². The average molecular weight is 162 g/mol. The van der Waals surface area contributed by atoms with E-state index < -0.39 is 5.97 Å². The highest BCUT2D eigenvalue weighted by molar-refractivity contribution is 6.10. The zero-order chi connectivity index (χ0) is 8.55. The number of carbonyl (C=O) groups is 2. The van der Waals surface area contributed by atoms with Crippen molar-refractivity contribution in [1.29, 1.82) is 0 Å². The molecule has 0 amide bonds. The van der Waals surface area contributed by atoms with Crippen molar-refractivity contribution in [3.63, 3.8) is 0 Å². The molecule has 60 valence electrons. The van der Waals surface area contributed by atoms with E-state index in [4.69, 9.17) is 4.74 Å². The summed E-state index contributed by atoms with van der Waals surface area (Å²) in [6, 6.07) is 6.75. The number of hydrogen-bond acceptors (Lipinski definition) is 3. The lowest BCUT2D eigenvalue weighted by atomic mass is 10.1. The molecule has 0 N–H and O–H groups in total. The lowest BCUT2D eigenvalue weighted by Crippen LogP contribution is -2.20. The number of ketones is 1. The molecule has 0 saturated heterocycles. The maximum absolute atomic E-state index is 11.2. The Morgan fingerprint density at radius 1 is 1.17 bits per heavy atom. The summed E-state index contributed by atoms with van der Waals surface area (Å²) in [5, 5.41) is 0. The van der Waals surface area contributed by atoms with E-state index in [0.717, 1.165) is 0 Å². The van der Waals surface area contributed by atoms with Crippen LogP contribution >= 0.6 is 0 Å². The molecule has 1 heterocycles. The number of hydrogen-bond donors (Lipinski definition) is 0. The van der Waals surface area contributed by atoms with E-state index in [9.17, 15) is 9.59 Å². The van der Waals surface area contributed by atoms with Gasteiger partial charge in [0.15, 0.2) is 5.78 Å². The maximum Gasteiger partial charge on any atom is 0.319 e. The lowest BCUT2D eigenvalue weighted by Gasteiger charge is -2.13. The van der Waals surface area contributed by atoms with E-state index in [1.165, 1.54) is 0 Å². The molecule has 2 rings (SSSR count). The first-order valence-electron chi connectivity index (χ1n) is 3.60. The van der Waals surface area contributed by atoms with Crippen LogP contribution in [0, 0.1) is 0 Å². The van der Waals surface area contributed by atoms with E-state index in [1.54, 1.807) is 24.3 Å². The van der Waals surface area contributed by atoms with E-state index in [2.05, 4.69) is 0 Å². The van der Waals surface area contributed by atoms with Crippen LogP contribution in [-0.2, 0) is 4.79 Å². The Morgan fingerprint density at radius 3 is 2.75 bits per heavy atom. The van der Waals surface area contributed by atoms with Gasteiger partial charge >= 0.3 is 5.97 Å². The van der Waals surface area contributed by atoms with Gasteiger partial charge in [-0.2, -0.15) is 0 Å². The Balaban J connectivity index is 2.54. The molecule has 12 heavy (non-hydrogen) atoms. The van der Waals surface area contributed by atoms with Crippen molar-refractivity contribution in [3.8, 4) is 5.75 Å². The van der Waals surface area contributed by atoms with Crippen LogP contribution in [0.3, 0.4) is 0 Å². The summed E-state index contributed by atoms with van der Waals surface area (Å²) in [5.41, 5.74) is 0.497. The van der Waals surface area contributed by atoms with Gasteiger partial charge in [0, 0.05) is 0 Å². The Kier molecular flexibility index (Phi) is 1.43. The minimum Gasteiger partial charge on any atom is -0.425 e. The first-order valence-corrected chi connectivity index (χ1v) is 3.60. The highest BCUT2D eigenvalue weighted by atomic mass is 16.5. The Hall–Kier alpha value is -1.64. The first-order chi connectivity index (χ1) is 5.77. The zero-order valence-electron chi connectivity index (χ0n) is 6.24. The topological polar surface area (TPSA) is 43.4 Å². The monoisotopic (exact) mass is 162 g/mol. The van der Waals surface area contributed by atoms with E-state index >= 15 is 0 Å². The van der Waals surface area contributed by atoms with Crippen molar-refractivity contribution in [2.24, 2.45) is 0 Å². The third kappa shape index (κ3) is 0.993. The SMILES string of the molecule is O=C1CC(=O)c2ccccc2O1. The van der Waals surface area contributed by atoms with E-state index in [-0.39, 0.29) is 12.2 Å². The maximum atomic E-state index is 11.2. The number of para-hydroxylation sites is 1. The van der Waals surface area contributed by atoms with Crippen LogP contribution in [0.4, 0.5) is 0 Å². The van der Waals surface area contributed by atoms with Gasteiger partial charge < -0.3 is 4.74 Å². The molecule has 0 radical (unpaired) electrons. The summed E-state index contributed by atoms with van der Waals surface area (Å²) in [7, 11) is 0. The molecule has 1 aromatic carbocycles. The number of Topliss-reactive ketones (excluding diaryl/α,β-unsaturated/α-hetero) is 1. The van der Waals surface area contributed by atoms with Crippen molar-refractivity contribution in [2.45, 2.75) is 6.42 Å². The van der Waals surface area contributed by atoms with Crippen LogP contribution in [-0.4, -0.2) is 11.8 Å². The fourth-order valence-corrected chi connectivity index (χ4v) is 1.17. The van der Waals surface area contributed by atoms with Crippen LogP contribution in [0.15, 0.2) is 24.3 Å². The summed E-state index contributed by atoms with van der Waals surface area (Å²) in [6.07, 6.45) is -0.142. The molecular formula is C9H6O3. The molecule has 0 aromatic heterocycles. The molecule has 3 heteroatoms. The third-order valence-corrected chi connectivity index (χ3v) is 1.72. The van der Waals surface area contributed by atoms with Gasteiger partial charge in [0.2, 0.25) is 0 Å². The fraction of sp³-hybridized carbons (Fsp3) is 0.111. The Labute approximate surface area is 69.0 Å². The van der Waals surface area contributed by atoms with Gasteiger partial charge in [-0.25, -0.2) is 0 Å². The standard InChI is InChI=1S/C9H6O3/c10-7-5-9(11)12-8-4-2-1-3-6(7)8/h1-4H,5H2. The zero-order valence-corrected chi connectivity index (χ0v) is 6.24. The number of rotatable bonds is 0. The summed E-state index contributed by atoms with van der Waals surface area (Å²) >= 11 is 0. The second-order valence-corrected chi connectivity index (χ2v) is 2.57. The summed E-state index contributed by atoms with van der Waals surface area (Å²) in [4.78, 5) is 22.0. The summed E-state index contributed by atoms with van der Waals surface area (Å²) in [5.74, 6) is -0.265. The second-order valence-electron chi connectivity index (χ2n) is 2.57. The highest BCUT2D eigenvalue weighted by Crippen LogP contribution is 2.23. The van der Waals surface area contributed by atoms with Gasteiger partial charge in [0.05, 0.1) is 5.56 Å². The molecule has 0 unspecified atom stereocenters. The van der Waals surface area contributed by atoms with Crippen LogP contribution < -0.4 is 4.74 Å². The van der Waals surface area contributed by atoms with Crippen molar-refractivity contribution >= 4 is 11.8 Å². The van der Waals surface area contributed by atoms with Crippen LogP contribution in [0.25, 0.3) is 0 Å². The molecule has 0 bridgehead atoms. The van der Waals surface area contributed by atoms with Gasteiger partial charge in [-0.15, -0.1) is 0 Å². The Bertz CT molecular complexity index is 355. The second kappa shape index (κ2) is 2.44. The average Bonchev–Trinajstić information content (AvgIpc) is 2.04. The van der Waals surface area contributed by atoms with E-state index in [0.29, 0.717) is 11.3 Å². The minimum absolute atomic E-state index is 0.142. The number of esters is 1. The van der Waals surface area contributed by atoms with Crippen LogP contribution in [0.1, 0.15) is 16.8 Å². The minimum atomic E-state index is -0.473. The Morgan fingerprint density at radius 2 is 1.92 bits per heavy atom. The largest absolute Gasteiger partial charge is 0.425 e. The predicted molar refractivity (Wildman–Crippen MR) is 41.0 cm³/mol. The van der Waals surface area contributed by atoms with E-state index in [1.807, 2.05) is 0 Å². The smallest absolute Gasteiger partial charge is 0.319 e. The molecule has 0 atom stereocenters. The molecule has 0 aliphatic carbocycles. The van der Waals surface area contributed by atoms with Gasteiger partial charge in [0.1, 0.15) is 12.2 Å². The molecule has 0 saturated carbocycles. The summed E-state index contributed by atoms with van der Waals surface area (Å²) < 4.78 is 4.84. The van der Waals surface area contributed by atoms with Gasteiger partial charge in [-0.3, -0.25) is 9.59 Å². The quantitative estimate of drug-likeness (QED) is 0.327. The molecule has 0 fully saturated rings. The first kappa shape index (κ1) is 7.03. The molecule has 1 aromatic rings. The molecule has 1 aliphatic rings. The molecular weight excluding hydrogens is 156 g/mol. The molecule has 3 nitrogen and oxygen atoms in total. The highest BCUT2D eigenvalue weighted by Gasteiger charge is 2.23. The van der Waals surface area contributed by atoms with Crippen molar-refractivity contribution < 1.29 is 14.3 Å². The van der Waals surface area contributed by atoms with Crippen molar-refractivity contribution in [2.75, 3.05) is 0 Å². The van der Waals surface area contributed by atoms with Crippen LogP contribution in [0.2, 0.25) is 0 Å². The fourth-order valence-electron chi connectivity index (χ4n) is 1.17. The number of ether oxygens (including phenoxy) is 1. The van der Waals surface area contributed by atoms with Gasteiger partial charge in [-0.05, 0) is 12.1 Å². The predicted octanol–water partition coefficient (Wildman–Crippen LogP) is 1.18. The normalized spacial score (nSPS) is 15.3. The summed E-state index contributed by atoms with van der Waals surface area (Å²) in [6.45, 7) is 0. The van der Waals surface area contributed by atoms with Crippen molar-refractivity contribution in [1.82, 2.24) is 0 Å². The molecule has 1 aliphatic heterocycles. The van der Waals surface area contributed by atoms with Gasteiger partial charge in [-0.1, -0.05) is 12.1 Å².